The van der Waals surface area contributed by atoms with Gasteiger partial charge in [0.25, 0.3) is 0 Å². The average molecular weight is 364 g/mol. The first-order valence-corrected chi connectivity index (χ1v) is 8.59. The second kappa shape index (κ2) is 6.22. The number of furan rings is 1. The Labute approximate surface area is 138 Å². The molecule has 5 nitrogen and oxygen atoms in total. The van der Waals surface area contributed by atoms with E-state index in [4.69, 9.17) is 27.6 Å². The predicted octanol–water partition coefficient (Wildman–Crippen LogP) is 3.08. The molecule has 0 amide bonds. The Morgan fingerprint density at radius 3 is 2.59 bits per heavy atom. The van der Waals surface area contributed by atoms with E-state index in [0.29, 0.717) is 10.6 Å². The Bertz CT molecular complexity index is 770. The number of benzene rings is 1. The third kappa shape index (κ3) is 3.64. The Balaban J connectivity index is 2.24. The van der Waals surface area contributed by atoms with E-state index in [1.807, 2.05) is 0 Å². The van der Waals surface area contributed by atoms with Crippen molar-refractivity contribution in [2.45, 2.75) is 24.3 Å². The van der Waals surface area contributed by atoms with Gasteiger partial charge in [-0.05, 0) is 43.7 Å². The lowest BCUT2D eigenvalue weighted by Gasteiger charge is -2.21. The maximum atomic E-state index is 12.4. The molecule has 0 saturated carbocycles. The largest absolute Gasteiger partial charge is 0.466 e. The fourth-order valence-corrected chi connectivity index (χ4v) is 3.78. The molecule has 2 rings (SSSR count). The summed E-state index contributed by atoms with van der Waals surface area (Å²) in [6.45, 7) is 2.86. The molecule has 0 aliphatic carbocycles. The molecule has 1 heterocycles. The van der Waals surface area contributed by atoms with Crippen LogP contribution in [0.2, 0.25) is 10.0 Å². The topological polar surface area (TPSA) is 79.5 Å². The van der Waals surface area contributed by atoms with E-state index in [-0.39, 0.29) is 22.2 Å². The van der Waals surface area contributed by atoms with Crippen LogP contribution in [0, 0.1) is 6.92 Å². The molecule has 0 saturated heterocycles. The predicted molar refractivity (Wildman–Crippen MR) is 84.7 cm³/mol. The molecule has 0 bridgehead atoms. The van der Waals surface area contributed by atoms with Gasteiger partial charge in [0.15, 0.2) is 0 Å². The lowest BCUT2D eigenvalue weighted by Crippen LogP contribution is -2.38. The van der Waals surface area contributed by atoms with Crippen LogP contribution in [0.15, 0.2) is 39.8 Å². The van der Waals surface area contributed by atoms with E-state index >= 15 is 0 Å². The molecule has 0 aliphatic heterocycles. The number of hydrogen-bond acceptors (Lipinski definition) is 4. The molecular formula is C14H15Cl2NO4S. The summed E-state index contributed by atoms with van der Waals surface area (Å²) in [5.74, 6) is 0.258. The van der Waals surface area contributed by atoms with E-state index in [0.717, 1.165) is 0 Å². The summed E-state index contributed by atoms with van der Waals surface area (Å²) < 4.78 is 32.1. The molecule has 1 aromatic carbocycles. The van der Waals surface area contributed by atoms with Crippen molar-refractivity contribution in [3.8, 4) is 0 Å². The first kappa shape index (κ1) is 17.3. The quantitative estimate of drug-likeness (QED) is 0.855. The monoisotopic (exact) mass is 363 g/mol. The number of rotatable bonds is 5. The van der Waals surface area contributed by atoms with Crippen LogP contribution in [0.3, 0.4) is 0 Å². The minimum absolute atomic E-state index is 0.0146. The molecule has 1 atom stereocenters. The van der Waals surface area contributed by atoms with Gasteiger partial charge in [0.05, 0.1) is 11.3 Å². The van der Waals surface area contributed by atoms with E-state index in [2.05, 4.69) is 4.72 Å². The normalized spacial score (nSPS) is 14.8. The lowest BCUT2D eigenvalue weighted by atomic mass is 10.1. The Morgan fingerprint density at radius 2 is 2.00 bits per heavy atom. The molecular weight excluding hydrogens is 349 g/mol. The van der Waals surface area contributed by atoms with Crippen LogP contribution in [-0.2, 0) is 15.6 Å². The third-order valence-electron chi connectivity index (χ3n) is 3.16. The molecule has 0 fully saturated rings. The fourth-order valence-electron chi connectivity index (χ4n) is 1.82. The van der Waals surface area contributed by atoms with Gasteiger partial charge in [-0.25, -0.2) is 13.1 Å². The Kier molecular flexibility index (Phi) is 4.89. The zero-order chi connectivity index (χ0) is 16.5. The zero-order valence-corrected chi connectivity index (χ0v) is 14.3. The minimum atomic E-state index is -3.90. The van der Waals surface area contributed by atoms with Crippen LogP contribution in [0.4, 0.5) is 0 Å². The van der Waals surface area contributed by atoms with Gasteiger partial charge >= 0.3 is 0 Å². The van der Waals surface area contributed by atoms with Gasteiger partial charge < -0.3 is 9.52 Å². The summed E-state index contributed by atoms with van der Waals surface area (Å²) in [5, 5.41) is 10.7. The van der Waals surface area contributed by atoms with Crippen molar-refractivity contribution in [1.82, 2.24) is 4.72 Å². The van der Waals surface area contributed by atoms with E-state index in [9.17, 15) is 13.5 Å². The van der Waals surface area contributed by atoms with Crippen LogP contribution in [0.1, 0.15) is 18.2 Å². The summed E-state index contributed by atoms with van der Waals surface area (Å²) >= 11 is 11.9. The van der Waals surface area contributed by atoms with E-state index < -0.39 is 15.6 Å². The van der Waals surface area contributed by atoms with Crippen molar-refractivity contribution >= 4 is 33.2 Å². The van der Waals surface area contributed by atoms with Gasteiger partial charge in [-0.15, -0.1) is 0 Å². The van der Waals surface area contributed by atoms with Gasteiger partial charge in [0, 0.05) is 11.6 Å². The first-order valence-electron chi connectivity index (χ1n) is 6.35. The number of sulfonamides is 1. The highest BCUT2D eigenvalue weighted by atomic mass is 35.5. The van der Waals surface area contributed by atoms with Crippen molar-refractivity contribution in [3.63, 3.8) is 0 Å². The highest BCUT2D eigenvalue weighted by molar-refractivity contribution is 7.89. The second-order valence-electron chi connectivity index (χ2n) is 5.11. The van der Waals surface area contributed by atoms with Gasteiger partial charge in [-0.1, -0.05) is 23.2 Å². The highest BCUT2D eigenvalue weighted by Gasteiger charge is 2.29. The van der Waals surface area contributed by atoms with Crippen LogP contribution in [0.5, 0.6) is 0 Å². The standard InChI is InChI=1S/C14H15Cl2NO4S/c1-9-6-12(11(16)7-10(9)15)22(19,20)17-8-14(2,18)13-4-3-5-21-13/h3-7,17-18H,8H2,1-2H3. The van der Waals surface area contributed by atoms with Crippen LogP contribution < -0.4 is 4.72 Å². The van der Waals surface area contributed by atoms with E-state index in [1.54, 1.807) is 19.1 Å². The summed E-state index contributed by atoms with van der Waals surface area (Å²) in [7, 11) is -3.90. The molecule has 1 aromatic heterocycles. The number of nitrogens with one attached hydrogen (secondary N) is 1. The summed E-state index contributed by atoms with van der Waals surface area (Å²) in [6.07, 6.45) is 1.40. The number of halogens is 2. The van der Waals surface area contributed by atoms with Crippen molar-refractivity contribution < 1.29 is 17.9 Å². The number of aliphatic hydroxyl groups is 1. The fraction of sp³-hybridized carbons (Fsp3) is 0.286. The lowest BCUT2D eigenvalue weighted by molar-refractivity contribution is 0.0395. The smallest absolute Gasteiger partial charge is 0.242 e. The maximum Gasteiger partial charge on any atom is 0.242 e. The average Bonchev–Trinajstić information content (AvgIpc) is 2.95. The maximum absolute atomic E-state index is 12.4. The van der Waals surface area contributed by atoms with Gasteiger partial charge in [-0.2, -0.15) is 0 Å². The molecule has 8 heteroatoms. The highest BCUT2D eigenvalue weighted by Crippen LogP contribution is 2.28. The molecule has 2 aromatic rings. The van der Waals surface area contributed by atoms with Crippen molar-refractivity contribution in [2.24, 2.45) is 0 Å². The van der Waals surface area contributed by atoms with Gasteiger partial charge in [0.1, 0.15) is 16.3 Å². The second-order valence-corrected chi connectivity index (χ2v) is 7.66. The molecule has 22 heavy (non-hydrogen) atoms. The number of aryl methyl sites for hydroxylation is 1. The van der Waals surface area contributed by atoms with Crippen LogP contribution in [0.25, 0.3) is 0 Å². The molecule has 0 radical (unpaired) electrons. The van der Waals surface area contributed by atoms with Crippen molar-refractivity contribution in [3.05, 3.63) is 51.9 Å². The first-order chi connectivity index (χ1) is 10.1. The minimum Gasteiger partial charge on any atom is -0.466 e. The van der Waals surface area contributed by atoms with Crippen LogP contribution in [-0.4, -0.2) is 20.1 Å². The van der Waals surface area contributed by atoms with E-state index in [1.165, 1.54) is 25.3 Å². The van der Waals surface area contributed by atoms with Crippen molar-refractivity contribution in [2.75, 3.05) is 6.54 Å². The molecule has 1 unspecified atom stereocenters. The van der Waals surface area contributed by atoms with Gasteiger partial charge in [-0.3, -0.25) is 0 Å². The molecule has 2 N–H and O–H groups in total. The SMILES string of the molecule is Cc1cc(S(=O)(=O)NCC(C)(O)c2ccco2)c(Cl)cc1Cl. The molecule has 120 valence electrons. The summed E-state index contributed by atoms with van der Waals surface area (Å²) in [6, 6.07) is 5.93. The summed E-state index contributed by atoms with van der Waals surface area (Å²) in [4.78, 5) is -0.0914. The number of hydrogen-bond donors (Lipinski definition) is 2. The molecule has 0 spiro atoms. The Morgan fingerprint density at radius 1 is 1.32 bits per heavy atom. The summed E-state index contributed by atoms with van der Waals surface area (Å²) in [5.41, 5.74) is -0.894. The van der Waals surface area contributed by atoms with Crippen molar-refractivity contribution in [1.29, 1.82) is 0 Å². The zero-order valence-electron chi connectivity index (χ0n) is 11.9. The third-order valence-corrected chi connectivity index (χ3v) is 5.43. The van der Waals surface area contributed by atoms with Crippen LogP contribution >= 0.6 is 23.2 Å². The van der Waals surface area contributed by atoms with Gasteiger partial charge in [0.2, 0.25) is 10.0 Å². The molecule has 0 aliphatic rings. The Hall–Kier alpha value is -1.05.